The van der Waals surface area contributed by atoms with Gasteiger partial charge in [-0.05, 0) is 43.7 Å². The van der Waals surface area contributed by atoms with Gasteiger partial charge in [0.25, 0.3) is 0 Å². The van der Waals surface area contributed by atoms with Crippen molar-refractivity contribution < 1.29 is 9.53 Å². The number of esters is 1. The number of likely N-dealkylation sites (tertiary alicyclic amines) is 1. The fourth-order valence-electron chi connectivity index (χ4n) is 5.32. The average molecular weight is 400 g/mol. The first-order valence-corrected chi connectivity index (χ1v) is 11.2. The van der Waals surface area contributed by atoms with Crippen molar-refractivity contribution in [2.75, 3.05) is 20.2 Å². The van der Waals surface area contributed by atoms with Crippen molar-refractivity contribution in [2.24, 2.45) is 5.92 Å². The van der Waals surface area contributed by atoms with Gasteiger partial charge >= 0.3 is 11.7 Å². The Bertz CT molecular complexity index is 879. The van der Waals surface area contributed by atoms with E-state index in [4.69, 9.17) is 4.74 Å². The molecular weight excluding hydrogens is 366 g/mol. The molecule has 1 aromatic carbocycles. The lowest BCUT2D eigenvalue weighted by Gasteiger charge is -2.40. The monoisotopic (exact) mass is 399 g/mol. The van der Waals surface area contributed by atoms with Crippen molar-refractivity contribution in [2.45, 2.75) is 69.9 Å². The highest BCUT2D eigenvalue weighted by Gasteiger charge is 2.36. The number of piperidine rings is 1. The van der Waals surface area contributed by atoms with E-state index in [0.29, 0.717) is 12.3 Å². The molecule has 2 aliphatic rings. The van der Waals surface area contributed by atoms with E-state index >= 15 is 0 Å². The maximum atomic E-state index is 12.6. The highest BCUT2D eigenvalue weighted by molar-refractivity contribution is 5.77. The number of nitrogens with one attached hydrogen (secondary N) is 1. The second-order valence-corrected chi connectivity index (χ2v) is 8.74. The number of ether oxygens (including phenoxy) is 1. The minimum absolute atomic E-state index is 0.0105. The summed E-state index contributed by atoms with van der Waals surface area (Å²) in [4.78, 5) is 30.6. The number of carbonyl (C=O) groups is 1. The van der Waals surface area contributed by atoms with Gasteiger partial charge < -0.3 is 9.72 Å². The molecule has 0 unspecified atom stereocenters. The van der Waals surface area contributed by atoms with Crippen molar-refractivity contribution in [1.29, 1.82) is 0 Å². The van der Waals surface area contributed by atoms with Crippen molar-refractivity contribution >= 4 is 17.0 Å². The van der Waals surface area contributed by atoms with Crippen molar-refractivity contribution in [3.05, 3.63) is 34.7 Å². The largest absolute Gasteiger partial charge is 0.468 e. The summed E-state index contributed by atoms with van der Waals surface area (Å²) in [5.74, 6) is 0.489. The van der Waals surface area contributed by atoms with Gasteiger partial charge in [-0.15, -0.1) is 0 Å². The number of aromatic nitrogens is 2. The molecule has 1 aliphatic heterocycles. The Kier molecular flexibility index (Phi) is 6.38. The van der Waals surface area contributed by atoms with E-state index < -0.39 is 0 Å². The lowest BCUT2D eigenvalue weighted by molar-refractivity contribution is -0.149. The quantitative estimate of drug-likeness (QED) is 0.793. The van der Waals surface area contributed by atoms with Gasteiger partial charge in [-0.2, -0.15) is 0 Å². The molecule has 4 rings (SSSR count). The molecule has 6 nitrogen and oxygen atoms in total. The molecule has 2 fully saturated rings. The third kappa shape index (κ3) is 4.42. The van der Waals surface area contributed by atoms with Crippen LogP contribution in [0.3, 0.4) is 0 Å². The molecule has 1 saturated carbocycles. The van der Waals surface area contributed by atoms with Gasteiger partial charge in [-0.3, -0.25) is 14.3 Å². The van der Waals surface area contributed by atoms with E-state index in [1.54, 1.807) is 0 Å². The minimum atomic E-state index is -0.273. The van der Waals surface area contributed by atoms with Gasteiger partial charge in [0.1, 0.15) is 6.04 Å². The van der Waals surface area contributed by atoms with Gasteiger partial charge in [0.15, 0.2) is 0 Å². The zero-order valence-corrected chi connectivity index (χ0v) is 17.4. The van der Waals surface area contributed by atoms with Crippen LogP contribution in [0.15, 0.2) is 29.1 Å². The van der Waals surface area contributed by atoms with Crippen LogP contribution < -0.4 is 5.69 Å². The molecule has 0 bridgehead atoms. The van der Waals surface area contributed by atoms with E-state index in [9.17, 15) is 9.59 Å². The maximum Gasteiger partial charge on any atom is 0.326 e. The van der Waals surface area contributed by atoms with Gasteiger partial charge in [-0.25, -0.2) is 4.79 Å². The number of fused-ring (bicyclic) bond motifs is 1. The van der Waals surface area contributed by atoms with Crippen LogP contribution in [0.25, 0.3) is 11.0 Å². The number of benzene rings is 1. The van der Waals surface area contributed by atoms with E-state index in [2.05, 4.69) is 9.88 Å². The number of nitrogens with zero attached hydrogens (tertiary/aromatic N) is 2. The summed E-state index contributed by atoms with van der Waals surface area (Å²) in [6, 6.07) is 7.52. The Balaban J connectivity index is 1.53. The van der Waals surface area contributed by atoms with Crippen LogP contribution in [0.4, 0.5) is 0 Å². The topological polar surface area (TPSA) is 67.3 Å². The SMILES string of the molecule is COC(=O)[C@H]1C[C@H](n2c(=O)[nH]c3ccccc32)CCN1CC1CCCCCCC1. The first kappa shape index (κ1) is 20.2. The summed E-state index contributed by atoms with van der Waals surface area (Å²) in [5, 5.41) is 0. The van der Waals surface area contributed by atoms with Crippen molar-refractivity contribution in [3.8, 4) is 0 Å². The molecule has 2 atom stereocenters. The second kappa shape index (κ2) is 9.16. The molecule has 1 aliphatic carbocycles. The number of aromatic amines is 1. The third-order valence-electron chi connectivity index (χ3n) is 6.87. The van der Waals surface area contributed by atoms with Crippen LogP contribution >= 0.6 is 0 Å². The predicted molar refractivity (Wildman–Crippen MR) is 114 cm³/mol. The van der Waals surface area contributed by atoms with E-state index in [-0.39, 0.29) is 23.7 Å². The average Bonchev–Trinajstić information content (AvgIpc) is 3.05. The summed E-state index contributed by atoms with van der Waals surface area (Å²) in [6.45, 7) is 1.79. The number of methoxy groups -OCH3 is 1. The molecule has 6 heteroatoms. The van der Waals surface area contributed by atoms with Gasteiger partial charge in [0, 0.05) is 19.1 Å². The number of imidazole rings is 1. The molecule has 1 aromatic heterocycles. The summed E-state index contributed by atoms with van der Waals surface area (Å²) >= 11 is 0. The Morgan fingerprint density at radius 2 is 1.83 bits per heavy atom. The highest BCUT2D eigenvalue weighted by atomic mass is 16.5. The highest BCUT2D eigenvalue weighted by Crippen LogP contribution is 2.31. The third-order valence-corrected chi connectivity index (χ3v) is 6.87. The molecule has 158 valence electrons. The maximum absolute atomic E-state index is 12.6. The summed E-state index contributed by atoms with van der Waals surface area (Å²) in [7, 11) is 1.47. The predicted octanol–water partition coefficient (Wildman–Crippen LogP) is 3.87. The molecule has 29 heavy (non-hydrogen) atoms. The summed E-state index contributed by atoms with van der Waals surface area (Å²) in [6.07, 6.45) is 10.7. The molecule has 1 N–H and O–H groups in total. The lowest BCUT2D eigenvalue weighted by Crippen LogP contribution is -2.50. The van der Waals surface area contributed by atoms with Crippen LogP contribution in [0.1, 0.15) is 63.8 Å². The minimum Gasteiger partial charge on any atom is -0.468 e. The number of para-hydroxylation sites is 2. The Morgan fingerprint density at radius 3 is 2.59 bits per heavy atom. The van der Waals surface area contributed by atoms with Crippen molar-refractivity contribution in [3.63, 3.8) is 0 Å². The number of hydrogen-bond acceptors (Lipinski definition) is 4. The zero-order chi connectivity index (χ0) is 20.2. The molecule has 2 heterocycles. The van der Waals surface area contributed by atoms with Crippen LogP contribution in [-0.4, -0.2) is 46.7 Å². The number of rotatable bonds is 4. The van der Waals surface area contributed by atoms with E-state index in [0.717, 1.165) is 30.5 Å². The van der Waals surface area contributed by atoms with Gasteiger partial charge in [0.05, 0.1) is 18.1 Å². The van der Waals surface area contributed by atoms with E-state index in [1.807, 2.05) is 28.8 Å². The molecule has 2 aromatic rings. The Morgan fingerprint density at radius 1 is 1.10 bits per heavy atom. The Hall–Kier alpha value is -2.08. The molecular formula is C23H33N3O3. The standard InChI is InChI=1S/C23H33N3O3/c1-29-22(27)21-15-18(26-20-12-8-7-11-19(20)24-23(26)28)13-14-25(21)16-17-9-5-3-2-4-6-10-17/h7-8,11-12,17-18,21H,2-6,9-10,13-16H2,1H3,(H,24,28)/t18-,21-/m1/s1. The second-order valence-electron chi connectivity index (χ2n) is 8.74. The number of H-pyrrole nitrogens is 1. The molecule has 0 amide bonds. The Labute approximate surface area is 172 Å². The fraction of sp³-hybridized carbons (Fsp3) is 0.652. The van der Waals surface area contributed by atoms with Crippen LogP contribution in [0.2, 0.25) is 0 Å². The summed E-state index contributed by atoms with van der Waals surface area (Å²) < 4.78 is 7.01. The molecule has 0 spiro atoms. The number of hydrogen-bond donors (Lipinski definition) is 1. The molecule has 0 radical (unpaired) electrons. The van der Waals surface area contributed by atoms with Gasteiger partial charge in [-0.1, -0.05) is 44.2 Å². The zero-order valence-electron chi connectivity index (χ0n) is 17.4. The van der Waals surface area contributed by atoms with Gasteiger partial charge in [0.2, 0.25) is 0 Å². The van der Waals surface area contributed by atoms with Crippen LogP contribution in [-0.2, 0) is 9.53 Å². The first-order valence-electron chi connectivity index (χ1n) is 11.2. The lowest BCUT2D eigenvalue weighted by atomic mass is 9.88. The van der Waals surface area contributed by atoms with Crippen LogP contribution in [0.5, 0.6) is 0 Å². The number of carbonyl (C=O) groups excluding carboxylic acids is 1. The smallest absolute Gasteiger partial charge is 0.326 e. The summed E-state index contributed by atoms with van der Waals surface area (Å²) in [5.41, 5.74) is 1.68. The normalized spacial score (nSPS) is 24.9. The first-order chi connectivity index (χ1) is 14.2. The van der Waals surface area contributed by atoms with Crippen molar-refractivity contribution in [1.82, 2.24) is 14.5 Å². The van der Waals surface area contributed by atoms with E-state index in [1.165, 1.54) is 52.1 Å². The molecule has 1 saturated heterocycles. The fourth-order valence-corrected chi connectivity index (χ4v) is 5.32. The van der Waals surface area contributed by atoms with Crippen LogP contribution in [0, 0.1) is 5.92 Å².